The van der Waals surface area contributed by atoms with Crippen molar-refractivity contribution in [1.29, 1.82) is 0 Å². The number of nitrogens with one attached hydrogen (secondary N) is 1. The number of hydrogen-bond donors (Lipinski definition) is 1. The predicted molar refractivity (Wildman–Crippen MR) is 159 cm³/mol. The summed E-state index contributed by atoms with van der Waals surface area (Å²) < 4.78 is 28.7. The Bertz CT molecular complexity index is 1410. The van der Waals surface area contributed by atoms with Gasteiger partial charge in [-0.25, -0.2) is 8.42 Å². The molecular weight excluding hydrogens is 569 g/mol. The quantitative estimate of drug-likeness (QED) is 0.289. The third-order valence-electron chi connectivity index (χ3n) is 7.06. The van der Waals surface area contributed by atoms with Crippen LogP contribution in [0.25, 0.3) is 0 Å². The summed E-state index contributed by atoms with van der Waals surface area (Å²) in [4.78, 5) is 29.1. The van der Waals surface area contributed by atoms with Crippen molar-refractivity contribution in [3.63, 3.8) is 0 Å². The zero-order valence-corrected chi connectivity index (χ0v) is 24.6. The normalized spacial score (nSPS) is 14.5. The summed E-state index contributed by atoms with van der Waals surface area (Å²) in [7, 11) is -4.14. The van der Waals surface area contributed by atoms with Gasteiger partial charge in [-0.3, -0.25) is 13.9 Å². The molecule has 7 nitrogen and oxygen atoms in total. The van der Waals surface area contributed by atoms with Crippen LogP contribution in [-0.4, -0.2) is 43.8 Å². The minimum Gasteiger partial charge on any atom is -0.352 e. The first kappa shape index (κ1) is 29.9. The monoisotopic (exact) mass is 601 g/mol. The lowest BCUT2D eigenvalue weighted by molar-refractivity contribution is -0.140. The van der Waals surface area contributed by atoms with E-state index in [-0.39, 0.29) is 29.1 Å². The molecule has 4 rings (SSSR count). The number of carbonyl (C=O) groups is 2. The number of amides is 2. The summed E-state index contributed by atoms with van der Waals surface area (Å²) in [5.74, 6) is -0.750. The van der Waals surface area contributed by atoms with Crippen LogP contribution in [0.2, 0.25) is 10.0 Å². The maximum Gasteiger partial charge on any atom is 0.264 e. The molecule has 40 heavy (non-hydrogen) atoms. The zero-order chi connectivity index (χ0) is 28.7. The number of hydrogen-bond acceptors (Lipinski definition) is 4. The molecule has 1 N–H and O–H groups in total. The van der Waals surface area contributed by atoms with Crippen LogP contribution in [-0.2, 0) is 26.2 Å². The average Bonchev–Trinajstić information content (AvgIpc) is 3.46. The standard InChI is InChI=1S/C30H33Cl2N3O4S/c1-2-28(30(37)33-25-10-6-7-11-25)34(20-22-15-17-23(31)18-16-22)29(36)21-35(26-12-8-9-24(32)19-26)40(38,39)27-13-4-3-5-14-27/h3-5,8-9,12-19,25,28H,2,6-7,10-11,20-21H2,1H3,(H,33,37)/t28-/m1/s1. The van der Waals surface area contributed by atoms with E-state index in [1.807, 2.05) is 6.92 Å². The van der Waals surface area contributed by atoms with Crippen molar-refractivity contribution in [1.82, 2.24) is 10.2 Å². The number of nitrogens with zero attached hydrogens (tertiary/aromatic N) is 2. The molecule has 0 heterocycles. The Balaban J connectivity index is 1.70. The lowest BCUT2D eigenvalue weighted by Crippen LogP contribution is -2.53. The fourth-order valence-electron chi connectivity index (χ4n) is 4.95. The molecule has 0 unspecified atom stereocenters. The van der Waals surface area contributed by atoms with Gasteiger partial charge in [-0.1, -0.05) is 79.4 Å². The van der Waals surface area contributed by atoms with Crippen LogP contribution in [0.15, 0.2) is 83.8 Å². The Hall–Kier alpha value is -3.07. The van der Waals surface area contributed by atoms with Gasteiger partial charge in [-0.15, -0.1) is 0 Å². The van der Waals surface area contributed by atoms with Gasteiger partial charge in [-0.05, 0) is 67.3 Å². The number of carbonyl (C=O) groups excluding carboxylic acids is 2. The summed E-state index contributed by atoms with van der Waals surface area (Å²) in [5, 5.41) is 3.99. The Labute approximate surface area is 246 Å². The zero-order valence-electron chi connectivity index (χ0n) is 22.3. The Morgan fingerprint density at radius 1 is 0.925 bits per heavy atom. The van der Waals surface area contributed by atoms with E-state index in [9.17, 15) is 18.0 Å². The number of halogens is 2. The van der Waals surface area contributed by atoms with E-state index in [0.29, 0.717) is 16.5 Å². The highest BCUT2D eigenvalue weighted by Gasteiger charge is 2.34. The van der Waals surface area contributed by atoms with Crippen LogP contribution in [0.4, 0.5) is 5.69 Å². The smallest absolute Gasteiger partial charge is 0.264 e. The molecule has 212 valence electrons. The van der Waals surface area contributed by atoms with Crippen LogP contribution in [0.3, 0.4) is 0 Å². The Kier molecular flexibility index (Phi) is 10.1. The molecule has 1 aliphatic rings. The first-order valence-electron chi connectivity index (χ1n) is 13.4. The van der Waals surface area contributed by atoms with Gasteiger partial charge in [0.2, 0.25) is 11.8 Å². The van der Waals surface area contributed by atoms with E-state index in [1.165, 1.54) is 23.1 Å². The first-order chi connectivity index (χ1) is 19.2. The molecule has 1 aliphatic carbocycles. The Morgan fingerprint density at radius 3 is 2.23 bits per heavy atom. The van der Waals surface area contributed by atoms with E-state index in [4.69, 9.17) is 23.2 Å². The molecule has 3 aromatic rings. The van der Waals surface area contributed by atoms with Crippen LogP contribution >= 0.6 is 23.2 Å². The van der Waals surface area contributed by atoms with Gasteiger partial charge >= 0.3 is 0 Å². The van der Waals surface area contributed by atoms with Crippen LogP contribution in [0.5, 0.6) is 0 Å². The minimum atomic E-state index is -4.14. The highest BCUT2D eigenvalue weighted by atomic mass is 35.5. The van der Waals surface area contributed by atoms with Crippen molar-refractivity contribution < 1.29 is 18.0 Å². The van der Waals surface area contributed by atoms with E-state index >= 15 is 0 Å². The van der Waals surface area contributed by atoms with Crippen molar-refractivity contribution in [3.05, 3.63) is 94.5 Å². The fraction of sp³-hybridized carbons (Fsp3) is 0.333. The van der Waals surface area contributed by atoms with Crippen LogP contribution in [0.1, 0.15) is 44.6 Å². The molecule has 0 saturated heterocycles. The molecule has 2 amide bonds. The summed E-state index contributed by atoms with van der Waals surface area (Å²) >= 11 is 12.3. The molecule has 0 aromatic heterocycles. The van der Waals surface area contributed by atoms with Gasteiger partial charge in [0.05, 0.1) is 10.6 Å². The molecular formula is C30H33Cl2N3O4S. The maximum absolute atomic E-state index is 14.1. The van der Waals surface area contributed by atoms with Gasteiger partial charge < -0.3 is 10.2 Å². The van der Waals surface area contributed by atoms with Gasteiger partial charge in [0.1, 0.15) is 12.6 Å². The van der Waals surface area contributed by atoms with E-state index in [1.54, 1.807) is 60.7 Å². The van der Waals surface area contributed by atoms with Crippen LogP contribution < -0.4 is 9.62 Å². The highest BCUT2D eigenvalue weighted by molar-refractivity contribution is 7.92. The van der Waals surface area contributed by atoms with Gasteiger partial charge in [0, 0.05) is 22.6 Å². The second-order valence-electron chi connectivity index (χ2n) is 9.87. The topological polar surface area (TPSA) is 86.8 Å². The number of sulfonamides is 1. The van der Waals surface area contributed by atoms with Crippen LogP contribution in [0, 0.1) is 0 Å². The summed E-state index contributed by atoms with van der Waals surface area (Å²) in [6.45, 7) is 1.44. The van der Waals surface area contributed by atoms with Gasteiger partial charge in [0.15, 0.2) is 0 Å². The summed E-state index contributed by atoms with van der Waals surface area (Å²) in [5.41, 5.74) is 1.02. The molecule has 3 aromatic carbocycles. The van der Waals surface area contributed by atoms with E-state index in [0.717, 1.165) is 35.6 Å². The molecule has 1 atom stereocenters. The number of benzene rings is 3. The summed E-state index contributed by atoms with van der Waals surface area (Å²) in [6.07, 6.45) is 4.29. The summed E-state index contributed by atoms with van der Waals surface area (Å²) in [6, 6.07) is 20.6. The van der Waals surface area contributed by atoms with Gasteiger partial charge in [0.25, 0.3) is 10.0 Å². The van der Waals surface area contributed by atoms with E-state index < -0.39 is 28.5 Å². The average molecular weight is 603 g/mol. The lowest BCUT2D eigenvalue weighted by Gasteiger charge is -2.33. The molecule has 0 spiro atoms. The largest absolute Gasteiger partial charge is 0.352 e. The lowest BCUT2D eigenvalue weighted by atomic mass is 10.1. The minimum absolute atomic E-state index is 0.0399. The van der Waals surface area contributed by atoms with Crippen molar-refractivity contribution in [3.8, 4) is 0 Å². The molecule has 1 fully saturated rings. The molecule has 1 saturated carbocycles. The highest BCUT2D eigenvalue weighted by Crippen LogP contribution is 2.27. The first-order valence-corrected chi connectivity index (χ1v) is 15.6. The van der Waals surface area contributed by atoms with Crippen molar-refractivity contribution >= 4 is 50.7 Å². The number of anilines is 1. The van der Waals surface area contributed by atoms with Crippen molar-refractivity contribution in [2.24, 2.45) is 0 Å². The molecule has 0 bridgehead atoms. The Morgan fingerprint density at radius 2 is 1.60 bits per heavy atom. The van der Waals surface area contributed by atoms with Crippen molar-refractivity contribution in [2.75, 3.05) is 10.8 Å². The third-order valence-corrected chi connectivity index (χ3v) is 9.34. The molecule has 0 aliphatic heterocycles. The molecule has 0 radical (unpaired) electrons. The second kappa shape index (κ2) is 13.5. The fourth-order valence-corrected chi connectivity index (χ4v) is 6.69. The maximum atomic E-state index is 14.1. The van der Waals surface area contributed by atoms with E-state index in [2.05, 4.69) is 5.32 Å². The van der Waals surface area contributed by atoms with Crippen molar-refractivity contribution in [2.45, 2.75) is 62.6 Å². The number of rotatable bonds is 11. The SMILES string of the molecule is CC[C@H](C(=O)NC1CCCC1)N(Cc1ccc(Cl)cc1)C(=O)CN(c1cccc(Cl)c1)S(=O)(=O)c1ccccc1. The third kappa shape index (κ3) is 7.36. The molecule has 10 heteroatoms. The second-order valence-corrected chi connectivity index (χ2v) is 12.6. The van der Waals surface area contributed by atoms with Gasteiger partial charge in [-0.2, -0.15) is 0 Å². The predicted octanol–water partition coefficient (Wildman–Crippen LogP) is 6.05.